The lowest BCUT2D eigenvalue weighted by molar-refractivity contribution is -0.122. The van der Waals surface area contributed by atoms with Crippen molar-refractivity contribution >= 4 is 11.6 Å². The number of Topliss-reactive ketones (excluding diaryl/α,β-unsaturated/α-hetero) is 2. The number of ketones is 2. The van der Waals surface area contributed by atoms with Crippen molar-refractivity contribution < 1.29 is 19.4 Å². The molecule has 11 heavy (non-hydrogen) atoms. The van der Waals surface area contributed by atoms with E-state index in [-0.39, 0.29) is 11.4 Å². The molecule has 58 valence electrons. The molecule has 1 heterocycles. The summed E-state index contributed by atoms with van der Waals surface area (Å²) in [7, 11) is 0. The summed E-state index contributed by atoms with van der Waals surface area (Å²) >= 11 is 0. The first-order chi connectivity index (χ1) is 5.13. The van der Waals surface area contributed by atoms with Gasteiger partial charge in [0.1, 0.15) is 0 Å². The van der Waals surface area contributed by atoms with Crippen LogP contribution in [0.4, 0.5) is 0 Å². The molecular formula is C7H6O4. The third kappa shape index (κ3) is 0.670. The van der Waals surface area contributed by atoms with Crippen molar-refractivity contribution in [3.8, 4) is 0 Å². The zero-order valence-corrected chi connectivity index (χ0v) is 5.83. The molecule has 0 unspecified atom stereocenters. The van der Waals surface area contributed by atoms with Crippen molar-refractivity contribution in [3.63, 3.8) is 0 Å². The molecule has 4 nitrogen and oxygen atoms in total. The first-order valence-corrected chi connectivity index (χ1v) is 3.26. The van der Waals surface area contributed by atoms with Crippen molar-refractivity contribution in [2.24, 2.45) is 0 Å². The maximum Gasteiger partial charge on any atom is 0.229 e. The highest BCUT2D eigenvalue weighted by Gasteiger charge is 2.55. The van der Waals surface area contributed by atoms with Gasteiger partial charge < -0.3 is 9.84 Å². The monoisotopic (exact) mass is 154 g/mol. The number of carbonyl (C=O) groups excluding carboxylic acids is 2. The molecule has 1 aliphatic heterocycles. The van der Waals surface area contributed by atoms with Crippen molar-refractivity contribution in [2.75, 3.05) is 0 Å². The molecule has 0 saturated carbocycles. The number of ether oxygens (including phenoxy) is 1. The van der Waals surface area contributed by atoms with Crippen LogP contribution in [0, 0.1) is 0 Å². The van der Waals surface area contributed by atoms with Crippen LogP contribution in [0.2, 0.25) is 0 Å². The predicted molar refractivity (Wildman–Crippen MR) is 34.0 cm³/mol. The summed E-state index contributed by atoms with van der Waals surface area (Å²) in [5.74, 6) is -1.17. The van der Waals surface area contributed by atoms with Crippen LogP contribution in [-0.4, -0.2) is 28.9 Å². The Labute approximate surface area is 62.5 Å². The largest absolute Gasteiger partial charge is 0.504 e. The van der Waals surface area contributed by atoms with Crippen LogP contribution in [0.3, 0.4) is 0 Å². The van der Waals surface area contributed by atoms with Crippen LogP contribution in [0.1, 0.15) is 6.92 Å². The molecule has 2 aliphatic rings. The predicted octanol–water partition coefficient (Wildman–Crippen LogP) is -0.262. The van der Waals surface area contributed by atoms with Gasteiger partial charge in [-0.15, -0.1) is 0 Å². The fraction of sp³-hybridized carbons (Fsp3) is 0.429. The van der Waals surface area contributed by atoms with E-state index >= 15 is 0 Å². The van der Waals surface area contributed by atoms with E-state index in [1.54, 1.807) is 0 Å². The molecule has 0 aromatic rings. The molecule has 0 amide bonds. The molecule has 0 aromatic heterocycles. The minimum Gasteiger partial charge on any atom is -0.504 e. The zero-order chi connectivity index (χ0) is 8.17. The van der Waals surface area contributed by atoms with Crippen LogP contribution in [0.25, 0.3) is 0 Å². The van der Waals surface area contributed by atoms with Crippen molar-refractivity contribution in [3.05, 3.63) is 11.3 Å². The Hall–Kier alpha value is -1.16. The fourth-order valence-electron chi connectivity index (χ4n) is 1.16. The van der Waals surface area contributed by atoms with E-state index in [0.717, 1.165) is 0 Å². The Balaban J connectivity index is 2.47. The Bertz CT molecular complexity index is 261. The molecule has 2 rings (SSSR count). The molecule has 1 fully saturated rings. The van der Waals surface area contributed by atoms with Gasteiger partial charge in [-0.25, -0.2) is 0 Å². The summed E-state index contributed by atoms with van der Waals surface area (Å²) < 4.78 is 4.74. The van der Waals surface area contributed by atoms with Crippen molar-refractivity contribution in [2.45, 2.75) is 19.1 Å². The second-order valence-electron chi connectivity index (χ2n) is 2.68. The molecule has 2 atom stereocenters. The highest BCUT2D eigenvalue weighted by atomic mass is 16.6. The topological polar surface area (TPSA) is 66.9 Å². The second kappa shape index (κ2) is 1.71. The van der Waals surface area contributed by atoms with Crippen LogP contribution < -0.4 is 0 Å². The summed E-state index contributed by atoms with van der Waals surface area (Å²) in [6, 6.07) is 0. The Morgan fingerprint density at radius 2 is 1.82 bits per heavy atom. The van der Waals surface area contributed by atoms with Crippen molar-refractivity contribution in [1.29, 1.82) is 0 Å². The number of carbonyl (C=O) groups is 2. The number of hydrogen-bond donors (Lipinski definition) is 1. The van der Waals surface area contributed by atoms with Crippen LogP contribution >= 0.6 is 0 Å². The normalized spacial score (nSPS) is 35.7. The van der Waals surface area contributed by atoms with Gasteiger partial charge in [0.2, 0.25) is 5.78 Å². The van der Waals surface area contributed by atoms with Gasteiger partial charge in [0.25, 0.3) is 0 Å². The molecule has 1 saturated heterocycles. The SMILES string of the molecule is CC1=C(O)C(=O)[C@H]2O[C@H]2C1=O. The summed E-state index contributed by atoms with van der Waals surface area (Å²) in [6.07, 6.45) is -1.29. The smallest absolute Gasteiger partial charge is 0.229 e. The van der Waals surface area contributed by atoms with Gasteiger partial charge in [-0.3, -0.25) is 9.59 Å². The van der Waals surface area contributed by atoms with Gasteiger partial charge in [-0.05, 0) is 6.92 Å². The summed E-state index contributed by atoms with van der Waals surface area (Å²) in [5, 5.41) is 9.04. The minimum atomic E-state index is -0.689. The first-order valence-electron chi connectivity index (χ1n) is 3.26. The maximum absolute atomic E-state index is 11.0. The first kappa shape index (κ1) is 6.54. The molecule has 1 N–H and O–H groups in total. The number of hydrogen-bond acceptors (Lipinski definition) is 4. The summed E-state index contributed by atoms with van der Waals surface area (Å²) in [5.41, 5.74) is 0.119. The van der Waals surface area contributed by atoms with Crippen LogP contribution in [0.15, 0.2) is 11.3 Å². The Kier molecular flexibility index (Phi) is 1.02. The second-order valence-corrected chi connectivity index (χ2v) is 2.68. The Morgan fingerprint density at radius 3 is 2.45 bits per heavy atom. The number of aliphatic hydroxyl groups is 1. The lowest BCUT2D eigenvalue weighted by atomic mass is 9.97. The number of rotatable bonds is 0. The number of epoxide rings is 1. The van der Waals surface area contributed by atoms with Gasteiger partial charge in [0.15, 0.2) is 23.8 Å². The third-order valence-corrected chi connectivity index (χ3v) is 1.97. The van der Waals surface area contributed by atoms with Gasteiger partial charge >= 0.3 is 0 Å². The van der Waals surface area contributed by atoms with E-state index < -0.39 is 23.8 Å². The average Bonchev–Trinajstić information content (AvgIpc) is 2.76. The number of aliphatic hydroxyl groups excluding tert-OH is 1. The standard InChI is InChI=1S/C7H6O4/c1-2-3(8)5(10)7-6(11-7)4(2)9/h6-8H,1H3/t6-,7+/m0/s1. The van der Waals surface area contributed by atoms with Crippen LogP contribution in [0.5, 0.6) is 0 Å². The van der Waals surface area contributed by atoms with Gasteiger partial charge in [0.05, 0.1) is 0 Å². The molecule has 0 aromatic carbocycles. The van der Waals surface area contributed by atoms with E-state index in [9.17, 15) is 9.59 Å². The quantitative estimate of drug-likeness (QED) is 0.488. The highest BCUT2D eigenvalue weighted by molar-refractivity contribution is 6.17. The zero-order valence-electron chi connectivity index (χ0n) is 5.83. The molecule has 0 bridgehead atoms. The average molecular weight is 154 g/mol. The lowest BCUT2D eigenvalue weighted by Gasteiger charge is -2.05. The van der Waals surface area contributed by atoms with E-state index in [0.29, 0.717) is 0 Å². The molecule has 4 heteroatoms. The summed E-state index contributed by atoms with van der Waals surface area (Å²) in [6.45, 7) is 1.42. The van der Waals surface area contributed by atoms with Gasteiger partial charge in [0, 0.05) is 5.57 Å². The molecule has 0 radical (unpaired) electrons. The van der Waals surface area contributed by atoms with Gasteiger partial charge in [-0.1, -0.05) is 0 Å². The van der Waals surface area contributed by atoms with E-state index in [1.807, 2.05) is 0 Å². The number of fused-ring (bicyclic) bond motifs is 1. The van der Waals surface area contributed by atoms with Crippen LogP contribution in [-0.2, 0) is 14.3 Å². The van der Waals surface area contributed by atoms with E-state index in [4.69, 9.17) is 9.84 Å². The summed E-state index contributed by atoms with van der Waals surface area (Å²) in [4.78, 5) is 22.0. The third-order valence-electron chi connectivity index (χ3n) is 1.97. The van der Waals surface area contributed by atoms with Gasteiger partial charge in [-0.2, -0.15) is 0 Å². The van der Waals surface area contributed by atoms with Crippen molar-refractivity contribution in [1.82, 2.24) is 0 Å². The lowest BCUT2D eigenvalue weighted by Crippen LogP contribution is -2.26. The highest BCUT2D eigenvalue weighted by Crippen LogP contribution is 2.33. The molecule has 1 aliphatic carbocycles. The Morgan fingerprint density at radius 1 is 1.27 bits per heavy atom. The van der Waals surface area contributed by atoms with E-state index in [2.05, 4.69) is 0 Å². The fourth-order valence-corrected chi connectivity index (χ4v) is 1.16. The minimum absolute atomic E-state index is 0.119. The molecule has 0 spiro atoms. The maximum atomic E-state index is 11.0. The van der Waals surface area contributed by atoms with E-state index in [1.165, 1.54) is 6.92 Å². The molecular weight excluding hydrogens is 148 g/mol.